The Morgan fingerprint density at radius 3 is 2.21 bits per heavy atom. The third kappa shape index (κ3) is 5.02. The first kappa shape index (κ1) is 19.2. The molecule has 4 rings (SSSR count). The molecule has 1 aliphatic rings. The fourth-order valence-corrected chi connectivity index (χ4v) is 3.97. The van der Waals surface area contributed by atoms with Crippen LogP contribution in [0.15, 0.2) is 85.2 Å². The van der Waals surface area contributed by atoms with Gasteiger partial charge >= 0.3 is 0 Å². The van der Waals surface area contributed by atoms with Gasteiger partial charge in [-0.3, -0.25) is 9.78 Å². The molecule has 1 atom stereocenters. The zero-order valence-corrected chi connectivity index (χ0v) is 16.5. The molecule has 0 radical (unpaired) electrons. The van der Waals surface area contributed by atoms with Gasteiger partial charge < -0.3 is 9.64 Å². The molecule has 29 heavy (non-hydrogen) atoms. The fourth-order valence-electron chi connectivity index (χ4n) is 3.97. The molecule has 1 saturated heterocycles. The van der Waals surface area contributed by atoms with E-state index >= 15 is 0 Å². The summed E-state index contributed by atoms with van der Waals surface area (Å²) in [7, 11) is 0. The van der Waals surface area contributed by atoms with Crippen molar-refractivity contribution in [3.63, 3.8) is 0 Å². The molecule has 0 saturated carbocycles. The molecule has 3 aromatic rings. The fraction of sp³-hybridized carbons (Fsp3) is 0.280. The predicted molar refractivity (Wildman–Crippen MR) is 114 cm³/mol. The quantitative estimate of drug-likeness (QED) is 0.618. The lowest BCUT2D eigenvalue weighted by Crippen LogP contribution is -2.44. The highest BCUT2D eigenvalue weighted by molar-refractivity contribution is 5.78. The van der Waals surface area contributed by atoms with Gasteiger partial charge in [0.05, 0.1) is 6.54 Å². The third-order valence-electron chi connectivity index (χ3n) is 5.47. The molecule has 2 heterocycles. The van der Waals surface area contributed by atoms with Gasteiger partial charge in [-0.15, -0.1) is 0 Å². The first-order chi connectivity index (χ1) is 14.3. The highest BCUT2D eigenvalue weighted by Gasteiger charge is 2.27. The van der Waals surface area contributed by atoms with E-state index in [9.17, 15) is 4.79 Å². The molecule has 4 heteroatoms. The third-order valence-corrected chi connectivity index (χ3v) is 5.47. The molecule has 0 aliphatic carbocycles. The Morgan fingerprint density at radius 1 is 0.966 bits per heavy atom. The monoisotopic (exact) mass is 386 g/mol. The number of ether oxygens (including phenoxy) is 1. The van der Waals surface area contributed by atoms with Gasteiger partial charge in [0.1, 0.15) is 11.9 Å². The summed E-state index contributed by atoms with van der Waals surface area (Å²) in [6.45, 7) is 1.43. The first-order valence-corrected chi connectivity index (χ1v) is 10.2. The Hall–Kier alpha value is -3.14. The largest absolute Gasteiger partial charge is 0.488 e. The molecule has 0 N–H and O–H groups in total. The number of amides is 1. The SMILES string of the molecule is O=C(CC(c1ccccc1)c1ccccc1)N1CCC[C@H](Oc2ccncc2)C1. The minimum absolute atomic E-state index is 0.0296. The first-order valence-electron chi connectivity index (χ1n) is 10.2. The van der Waals surface area contributed by atoms with E-state index in [0.717, 1.165) is 25.1 Å². The van der Waals surface area contributed by atoms with Crippen molar-refractivity contribution in [3.8, 4) is 5.75 Å². The van der Waals surface area contributed by atoms with Crippen molar-refractivity contribution >= 4 is 5.91 Å². The lowest BCUT2D eigenvalue weighted by atomic mass is 9.88. The highest BCUT2D eigenvalue weighted by atomic mass is 16.5. The standard InChI is InChI=1S/C25H26N2O2/c28-25(27-17-7-12-23(19-27)29-22-13-15-26-16-14-22)18-24(20-8-3-1-4-9-20)21-10-5-2-6-11-21/h1-6,8-11,13-16,23-24H,7,12,17-19H2/t23-/m0/s1. The summed E-state index contributed by atoms with van der Waals surface area (Å²) < 4.78 is 6.08. The molecule has 1 amide bonds. The summed E-state index contributed by atoms with van der Waals surface area (Å²) in [6.07, 6.45) is 5.88. The molecule has 4 nitrogen and oxygen atoms in total. The minimum Gasteiger partial charge on any atom is -0.488 e. The number of aromatic nitrogens is 1. The van der Waals surface area contributed by atoms with Crippen LogP contribution in [0.2, 0.25) is 0 Å². The van der Waals surface area contributed by atoms with Gasteiger partial charge in [0.2, 0.25) is 5.91 Å². The molecular weight excluding hydrogens is 360 g/mol. The van der Waals surface area contributed by atoms with E-state index in [0.29, 0.717) is 13.0 Å². The number of likely N-dealkylation sites (tertiary alicyclic amines) is 1. The van der Waals surface area contributed by atoms with Crippen LogP contribution in [0.1, 0.15) is 36.3 Å². The Bertz CT molecular complexity index is 860. The number of carbonyl (C=O) groups is 1. The van der Waals surface area contributed by atoms with Crippen LogP contribution in [0.4, 0.5) is 0 Å². The van der Waals surface area contributed by atoms with E-state index in [2.05, 4.69) is 29.2 Å². The van der Waals surface area contributed by atoms with Gasteiger partial charge in [-0.05, 0) is 36.1 Å². The number of piperidine rings is 1. The van der Waals surface area contributed by atoms with Crippen molar-refractivity contribution in [1.29, 1.82) is 0 Å². The maximum absolute atomic E-state index is 13.2. The molecule has 0 bridgehead atoms. The van der Waals surface area contributed by atoms with E-state index in [1.165, 1.54) is 11.1 Å². The van der Waals surface area contributed by atoms with E-state index in [1.54, 1.807) is 12.4 Å². The number of carbonyl (C=O) groups excluding carboxylic acids is 1. The zero-order chi connectivity index (χ0) is 19.9. The van der Waals surface area contributed by atoms with Crippen molar-refractivity contribution in [2.45, 2.75) is 31.3 Å². The van der Waals surface area contributed by atoms with Gasteiger partial charge in [-0.1, -0.05) is 60.7 Å². The summed E-state index contributed by atoms with van der Waals surface area (Å²) in [6, 6.07) is 24.3. The molecule has 1 aromatic heterocycles. The topological polar surface area (TPSA) is 42.4 Å². The Balaban J connectivity index is 1.46. The second kappa shape index (κ2) is 9.37. The summed E-state index contributed by atoms with van der Waals surface area (Å²) in [5.74, 6) is 1.06. The number of pyridine rings is 1. The van der Waals surface area contributed by atoms with Crippen LogP contribution in [0, 0.1) is 0 Å². The van der Waals surface area contributed by atoms with Gasteiger partial charge in [-0.2, -0.15) is 0 Å². The molecule has 0 spiro atoms. The van der Waals surface area contributed by atoms with Crippen LogP contribution in [0.5, 0.6) is 5.75 Å². The van der Waals surface area contributed by atoms with Crippen molar-refractivity contribution in [2.75, 3.05) is 13.1 Å². The number of benzene rings is 2. The number of rotatable bonds is 6. The summed E-state index contributed by atoms with van der Waals surface area (Å²) in [5, 5.41) is 0. The van der Waals surface area contributed by atoms with E-state index < -0.39 is 0 Å². The molecule has 0 unspecified atom stereocenters. The van der Waals surface area contributed by atoms with Crippen LogP contribution in [0.3, 0.4) is 0 Å². The summed E-state index contributed by atoms with van der Waals surface area (Å²) >= 11 is 0. The molecular formula is C25H26N2O2. The Morgan fingerprint density at radius 2 is 1.59 bits per heavy atom. The maximum Gasteiger partial charge on any atom is 0.223 e. The number of nitrogens with zero attached hydrogens (tertiary/aromatic N) is 2. The zero-order valence-electron chi connectivity index (χ0n) is 16.5. The van der Waals surface area contributed by atoms with E-state index in [1.807, 2.05) is 53.4 Å². The summed E-state index contributed by atoms with van der Waals surface area (Å²) in [5.41, 5.74) is 2.35. The Kier molecular flexibility index (Phi) is 6.20. The highest BCUT2D eigenvalue weighted by Crippen LogP contribution is 2.29. The summed E-state index contributed by atoms with van der Waals surface area (Å²) in [4.78, 5) is 19.2. The van der Waals surface area contributed by atoms with Crippen molar-refractivity contribution in [2.24, 2.45) is 0 Å². The van der Waals surface area contributed by atoms with Gasteiger partial charge in [-0.25, -0.2) is 0 Å². The van der Waals surface area contributed by atoms with E-state index in [-0.39, 0.29) is 17.9 Å². The van der Waals surface area contributed by atoms with Gasteiger partial charge in [0.15, 0.2) is 0 Å². The molecule has 1 aliphatic heterocycles. The van der Waals surface area contributed by atoms with Gasteiger partial charge in [0, 0.05) is 31.3 Å². The molecule has 1 fully saturated rings. The van der Waals surface area contributed by atoms with Crippen LogP contribution < -0.4 is 4.74 Å². The normalized spacial score (nSPS) is 16.6. The number of hydrogen-bond donors (Lipinski definition) is 0. The maximum atomic E-state index is 13.2. The van der Waals surface area contributed by atoms with Crippen LogP contribution in [0.25, 0.3) is 0 Å². The smallest absolute Gasteiger partial charge is 0.223 e. The van der Waals surface area contributed by atoms with E-state index in [4.69, 9.17) is 4.74 Å². The molecule has 148 valence electrons. The van der Waals surface area contributed by atoms with Crippen molar-refractivity contribution < 1.29 is 9.53 Å². The van der Waals surface area contributed by atoms with Crippen molar-refractivity contribution in [3.05, 3.63) is 96.3 Å². The van der Waals surface area contributed by atoms with Crippen LogP contribution in [-0.4, -0.2) is 35.0 Å². The second-order valence-electron chi connectivity index (χ2n) is 7.48. The van der Waals surface area contributed by atoms with Crippen LogP contribution >= 0.6 is 0 Å². The van der Waals surface area contributed by atoms with Gasteiger partial charge in [0.25, 0.3) is 0 Å². The van der Waals surface area contributed by atoms with Crippen LogP contribution in [-0.2, 0) is 4.79 Å². The molecule has 2 aromatic carbocycles. The average Bonchev–Trinajstić information content (AvgIpc) is 2.79. The minimum atomic E-state index is 0.0296. The second-order valence-corrected chi connectivity index (χ2v) is 7.48. The lowest BCUT2D eigenvalue weighted by Gasteiger charge is -2.34. The van der Waals surface area contributed by atoms with Crippen molar-refractivity contribution in [1.82, 2.24) is 9.88 Å². The lowest BCUT2D eigenvalue weighted by molar-refractivity contribution is -0.134. The average molecular weight is 386 g/mol. The number of hydrogen-bond acceptors (Lipinski definition) is 3. The Labute approximate surface area is 172 Å². The predicted octanol–water partition coefficient (Wildman–Crippen LogP) is 4.67.